The van der Waals surface area contributed by atoms with Gasteiger partial charge < -0.3 is 10.2 Å². The van der Waals surface area contributed by atoms with Gasteiger partial charge in [0.1, 0.15) is 0 Å². The molecule has 0 bridgehead atoms. The van der Waals surface area contributed by atoms with E-state index in [4.69, 9.17) is 0 Å². The third-order valence-corrected chi connectivity index (χ3v) is 2.58. The van der Waals surface area contributed by atoms with Crippen LogP contribution in [0.15, 0.2) is 0 Å². The van der Waals surface area contributed by atoms with Crippen LogP contribution in [0.25, 0.3) is 0 Å². The van der Waals surface area contributed by atoms with Gasteiger partial charge in [-0.25, -0.2) is 0 Å². The predicted octanol–water partition coefficient (Wildman–Crippen LogP) is 2.21. The van der Waals surface area contributed by atoms with E-state index in [-0.39, 0.29) is 0 Å². The molecule has 0 amide bonds. The molecule has 0 saturated heterocycles. The van der Waals surface area contributed by atoms with Crippen molar-refractivity contribution in [2.45, 2.75) is 33.6 Å². The van der Waals surface area contributed by atoms with Crippen LogP contribution in [0.3, 0.4) is 0 Å². The fourth-order valence-corrected chi connectivity index (χ4v) is 2.14. The summed E-state index contributed by atoms with van der Waals surface area (Å²) in [7, 11) is 4.26. The van der Waals surface area contributed by atoms with E-state index in [9.17, 15) is 0 Å². The molecule has 0 fully saturated rings. The van der Waals surface area contributed by atoms with E-state index >= 15 is 0 Å². The maximum absolute atomic E-state index is 3.22. The molecule has 0 heterocycles. The molecule has 2 unspecified atom stereocenters. The summed E-state index contributed by atoms with van der Waals surface area (Å²) in [6, 6.07) is 0. The van der Waals surface area contributed by atoms with Gasteiger partial charge >= 0.3 is 0 Å². The molecule has 0 aromatic heterocycles. The summed E-state index contributed by atoms with van der Waals surface area (Å²) in [6.07, 6.45) is 2.66. The molecule has 0 aliphatic heterocycles. The highest BCUT2D eigenvalue weighted by molar-refractivity contribution is 4.63. The smallest absolute Gasteiger partial charge is 0.00162 e. The van der Waals surface area contributed by atoms with Crippen molar-refractivity contribution in [3.8, 4) is 0 Å². The van der Waals surface area contributed by atoms with Crippen LogP contribution in [0.2, 0.25) is 0 Å². The molecule has 2 nitrogen and oxygen atoms in total. The molecule has 1 N–H and O–H groups in total. The molecular formula is C12H28N2. The van der Waals surface area contributed by atoms with Crippen molar-refractivity contribution < 1.29 is 0 Å². The molecule has 0 spiro atoms. The molecule has 14 heavy (non-hydrogen) atoms. The van der Waals surface area contributed by atoms with Gasteiger partial charge in [-0.2, -0.15) is 0 Å². The number of nitrogens with zero attached hydrogens (tertiary/aromatic N) is 1. The Morgan fingerprint density at radius 3 is 2.21 bits per heavy atom. The molecule has 0 aromatic carbocycles. The Hall–Kier alpha value is -0.0800. The fourth-order valence-electron chi connectivity index (χ4n) is 2.14. The Labute approximate surface area is 90.1 Å². The number of rotatable bonds is 8. The molecule has 2 heteroatoms. The first-order chi connectivity index (χ1) is 6.60. The quantitative estimate of drug-likeness (QED) is 0.646. The molecule has 2 atom stereocenters. The van der Waals surface area contributed by atoms with Crippen LogP contribution in [0.1, 0.15) is 33.6 Å². The highest BCUT2D eigenvalue weighted by atomic mass is 15.1. The second-order valence-corrected chi connectivity index (χ2v) is 4.78. The van der Waals surface area contributed by atoms with Gasteiger partial charge in [-0.1, -0.05) is 27.2 Å². The Kier molecular flexibility index (Phi) is 8.20. The molecule has 0 aliphatic carbocycles. The fraction of sp³-hybridized carbons (Fsp3) is 1.00. The van der Waals surface area contributed by atoms with Crippen molar-refractivity contribution in [1.82, 2.24) is 10.2 Å². The first kappa shape index (κ1) is 13.9. The lowest BCUT2D eigenvalue weighted by Crippen LogP contribution is -2.32. The minimum atomic E-state index is 0.749. The number of hydrogen-bond donors (Lipinski definition) is 1. The second kappa shape index (κ2) is 8.25. The summed E-state index contributed by atoms with van der Waals surface area (Å²) < 4.78 is 0. The third-order valence-electron chi connectivity index (χ3n) is 2.58. The summed E-state index contributed by atoms with van der Waals surface area (Å²) in [6.45, 7) is 10.5. The van der Waals surface area contributed by atoms with Gasteiger partial charge in [-0.05, 0) is 38.9 Å². The lowest BCUT2D eigenvalue weighted by molar-refractivity contribution is 0.243. The van der Waals surface area contributed by atoms with Crippen LogP contribution in [-0.2, 0) is 0 Å². The van der Waals surface area contributed by atoms with E-state index in [0.29, 0.717) is 0 Å². The van der Waals surface area contributed by atoms with Gasteiger partial charge in [0.15, 0.2) is 0 Å². The first-order valence-corrected chi connectivity index (χ1v) is 5.93. The van der Waals surface area contributed by atoms with E-state index in [1.165, 1.54) is 25.9 Å². The lowest BCUT2D eigenvalue weighted by Gasteiger charge is -2.24. The topological polar surface area (TPSA) is 15.3 Å². The van der Waals surface area contributed by atoms with Crippen LogP contribution in [0.5, 0.6) is 0 Å². The molecule has 0 rings (SSSR count). The molecule has 86 valence electrons. The van der Waals surface area contributed by atoms with Crippen LogP contribution in [0, 0.1) is 11.8 Å². The number of nitrogens with one attached hydrogen (secondary N) is 1. The van der Waals surface area contributed by atoms with E-state index < -0.39 is 0 Å². The zero-order valence-corrected chi connectivity index (χ0v) is 10.6. The van der Waals surface area contributed by atoms with Crippen molar-refractivity contribution in [1.29, 1.82) is 0 Å². The van der Waals surface area contributed by atoms with Crippen LogP contribution in [-0.4, -0.2) is 38.6 Å². The van der Waals surface area contributed by atoms with E-state index in [1.807, 2.05) is 7.05 Å². The van der Waals surface area contributed by atoms with Crippen LogP contribution in [0.4, 0.5) is 0 Å². The Morgan fingerprint density at radius 1 is 1.14 bits per heavy atom. The van der Waals surface area contributed by atoms with Crippen LogP contribution >= 0.6 is 0 Å². The normalized spacial score (nSPS) is 15.9. The Morgan fingerprint density at radius 2 is 1.71 bits per heavy atom. The highest BCUT2D eigenvalue weighted by Crippen LogP contribution is 2.07. The molecule has 0 radical (unpaired) electrons. The van der Waals surface area contributed by atoms with Crippen molar-refractivity contribution >= 4 is 0 Å². The van der Waals surface area contributed by atoms with Crippen molar-refractivity contribution in [3.63, 3.8) is 0 Å². The van der Waals surface area contributed by atoms with Gasteiger partial charge in [-0.3, -0.25) is 0 Å². The largest absolute Gasteiger partial charge is 0.319 e. The molecule has 0 aliphatic rings. The Balaban J connectivity index is 3.57. The molecule has 0 saturated carbocycles. The summed E-state index contributed by atoms with van der Waals surface area (Å²) >= 11 is 0. The van der Waals surface area contributed by atoms with Gasteiger partial charge in [0, 0.05) is 13.1 Å². The van der Waals surface area contributed by atoms with Crippen molar-refractivity contribution in [3.05, 3.63) is 0 Å². The lowest BCUT2D eigenvalue weighted by atomic mass is 10.1. The Bertz CT molecular complexity index is 111. The zero-order valence-electron chi connectivity index (χ0n) is 10.6. The predicted molar refractivity (Wildman–Crippen MR) is 64.7 cm³/mol. The summed E-state index contributed by atoms with van der Waals surface area (Å²) in [4.78, 5) is 2.46. The van der Waals surface area contributed by atoms with Crippen molar-refractivity contribution in [2.75, 3.05) is 33.7 Å². The SMILES string of the molecule is CCCC(C)CN(C)CC(C)CNC. The zero-order chi connectivity index (χ0) is 11.0. The summed E-state index contributed by atoms with van der Waals surface area (Å²) in [5.74, 6) is 1.59. The average Bonchev–Trinajstić information content (AvgIpc) is 2.03. The van der Waals surface area contributed by atoms with Gasteiger partial charge in [0.25, 0.3) is 0 Å². The maximum atomic E-state index is 3.22. The van der Waals surface area contributed by atoms with Crippen molar-refractivity contribution in [2.24, 2.45) is 11.8 Å². The number of hydrogen-bond acceptors (Lipinski definition) is 2. The van der Waals surface area contributed by atoms with Crippen LogP contribution < -0.4 is 5.32 Å². The van der Waals surface area contributed by atoms with Gasteiger partial charge in [0.05, 0.1) is 0 Å². The minimum absolute atomic E-state index is 0.749. The van der Waals surface area contributed by atoms with E-state index in [0.717, 1.165) is 18.4 Å². The maximum Gasteiger partial charge on any atom is 0.00162 e. The van der Waals surface area contributed by atoms with Gasteiger partial charge in [-0.15, -0.1) is 0 Å². The standard InChI is InChI=1S/C12H28N2/c1-6-7-11(2)9-14(5)10-12(3)8-13-4/h11-13H,6-10H2,1-5H3. The van der Waals surface area contributed by atoms with E-state index in [1.54, 1.807) is 0 Å². The molecule has 0 aromatic rings. The average molecular weight is 200 g/mol. The van der Waals surface area contributed by atoms with E-state index in [2.05, 4.69) is 38.0 Å². The summed E-state index contributed by atoms with van der Waals surface area (Å²) in [5, 5.41) is 3.22. The minimum Gasteiger partial charge on any atom is -0.319 e. The monoisotopic (exact) mass is 200 g/mol. The molecular weight excluding hydrogens is 172 g/mol. The third kappa shape index (κ3) is 7.34. The highest BCUT2D eigenvalue weighted by Gasteiger charge is 2.08. The first-order valence-electron chi connectivity index (χ1n) is 5.93. The second-order valence-electron chi connectivity index (χ2n) is 4.78. The summed E-state index contributed by atoms with van der Waals surface area (Å²) in [5.41, 5.74) is 0. The van der Waals surface area contributed by atoms with Gasteiger partial charge in [0.2, 0.25) is 0 Å².